The van der Waals surface area contributed by atoms with Crippen LogP contribution in [0.2, 0.25) is 0 Å². The number of para-hydroxylation sites is 1. The monoisotopic (exact) mass is 487 g/mol. The first kappa shape index (κ1) is 24.8. The van der Waals surface area contributed by atoms with Crippen molar-refractivity contribution in [2.24, 2.45) is 0 Å². The van der Waals surface area contributed by atoms with E-state index >= 15 is 0 Å². The van der Waals surface area contributed by atoms with Gasteiger partial charge in [-0.2, -0.15) is 0 Å². The number of carbonyl (C=O) groups excluding carboxylic acids is 3. The van der Waals surface area contributed by atoms with E-state index in [2.05, 4.69) is 16.0 Å². The van der Waals surface area contributed by atoms with Gasteiger partial charge in [-0.1, -0.05) is 42.5 Å². The molecule has 3 aromatic rings. The smallest absolute Gasteiger partial charge is 0.258 e. The maximum Gasteiger partial charge on any atom is 0.258 e. The average molecular weight is 488 g/mol. The quantitative estimate of drug-likeness (QED) is 0.448. The van der Waals surface area contributed by atoms with Gasteiger partial charge in [0.2, 0.25) is 5.91 Å². The lowest BCUT2D eigenvalue weighted by atomic mass is 9.95. The largest absolute Gasteiger partial charge is 0.491 e. The van der Waals surface area contributed by atoms with Crippen LogP contribution in [-0.2, 0) is 14.4 Å². The summed E-state index contributed by atoms with van der Waals surface area (Å²) in [5.41, 5.74) is 3.08. The van der Waals surface area contributed by atoms with Crippen LogP contribution >= 0.6 is 0 Å². The highest BCUT2D eigenvalue weighted by Crippen LogP contribution is 2.37. The summed E-state index contributed by atoms with van der Waals surface area (Å²) < 4.78 is 11.1. The average Bonchev–Trinajstić information content (AvgIpc) is 2.97. The number of hydrogen-bond acceptors (Lipinski definition) is 5. The molecule has 0 bridgehead atoms. The van der Waals surface area contributed by atoms with E-state index in [4.69, 9.17) is 9.47 Å². The van der Waals surface area contributed by atoms with Crippen molar-refractivity contribution in [2.75, 3.05) is 11.9 Å². The van der Waals surface area contributed by atoms with E-state index in [0.717, 1.165) is 11.1 Å². The maximum absolute atomic E-state index is 13.0. The van der Waals surface area contributed by atoms with Crippen LogP contribution in [0.3, 0.4) is 0 Å². The van der Waals surface area contributed by atoms with Crippen molar-refractivity contribution >= 4 is 23.4 Å². The molecular formula is C28H29N3O5. The molecule has 1 aliphatic rings. The Labute approximate surface area is 210 Å². The van der Waals surface area contributed by atoms with Gasteiger partial charge in [0, 0.05) is 11.3 Å². The van der Waals surface area contributed by atoms with Crippen LogP contribution in [0.5, 0.6) is 11.5 Å². The summed E-state index contributed by atoms with van der Waals surface area (Å²) in [5.74, 6) is -0.0887. The Balaban J connectivity index is 1.36. The molecule has 1 aliphatic heterocycles. The fourth-order valence-electron chi connectivity index (χ4n) is 3.96. The number of anilines is 1. The van der Waals surface area contributed by atoms with Crippen molar-refractivity contribution in [1.82, 2.24) is 10.6 Å². The van der Waals surface area contributed by atoms with Crippen molar-refractivity contribution in [3.63, 3.8) is 0 Å². The van der Waals surface area contributed by atoms with Crippen molar-refractivity contribution in [2.45, 2.75) is 39.0 Å². The van der Waals surface area contributed by atoms with E-state index in [1.807, 2.05) is 62.4 Å². The van der Waals surface area contributed by atoms with Crippen LogP contribution in [-0.4, -0.2) is 36.5 Å². The first-order valence-corrected chi connectivity index (χ1v) is 11.8. The highest BCUT2D eigenvalue weighted by molar-refractivity contribution is 6.05. The highest BCUT2D eigenvalue weighted by atomic mass is 16.5. The maximum atomic E-state index is 13.0. The zero-order chi connectivity index (χ0) is 25.7. The Kier molecular flexibility index (Phi) is 7.53. The van der Waals surface area contributed by atoms with E-state index < -0.39 is 23.9 Å². The molecular weight excluding hydrogens is 458 g/mol. The molecule has 3 aromatic carbocycles. The second-order valence-electron chi connectivity index (χ2n) is 8.78. The third kappa shape index (κ3) is 5.83. The van der Waals surface area contributed by atoms with Crippen LogP contribution in [0, 0.1) is 0 Å². The number of benzene rings is 3. The lowest BCUT2D eigenvalue weighted by Gasteiger charge is -2.21. The predicted molar refractivity (Wildman–Crippen MR) is 137 cm³/mol. The van der Waals surface area contributed by atoms with Crippen LogP contribution in [0.15, 0.2) is 72.8 Å². The van der Waals surface area contributed by atoms with Crippen molar-refractivity contribution in [3.05, 3.63) is 78.4 Å². The molecule has 186 valence electrons. The summed E-state index contributed by atoms with van der Waals surface area (Å²) in [6, 6.07) is 20.1. The van der Waals surface area contributed by atoms with Gasteiger partial charge < -0.3 is 25.4 Å². The molecule has 0 spiro atoms. The van der Waals surface area contributed by atoms with Crippen molar-refractivity contribution in [1.29, 1.82) is 0 Å². The molecule has 2 atom stereocenters. The molecule has 4 rings (SSSR count). The van der Waals surface area contributed by atoms with E-state index in [-0.39, 0.29) is 18.6 Å². The Morgan fingerprint density at radius 3 is 2.25 bits per heavy atom. The second-order valence-corrected chi connectivity index (χ2v) is 8.78. The molecule has 0 saturated heterocycles. The van der Waals surface area contributed by atoms with E-state index in [9.17, 15) is 14.4 Å². The molecule has 0 radical (unpaired) electrons. The SMILES string of the molecule is CC(C)Oc1ccc(OCC(=O)N[C@@H](C)C(=O)NC2C(=O)Nc3ccccc3-c3ccccc32)cc1. The molecule has 1 heterocycles. The van der Waals surface area contributed by atoms with E-state index in [1.165, 1.54) is 0 Å². The standard InChI is InChI=1S/C28H29N3O5/c1-17(2)36-20-14-12-19(13-15-20)35-16-25(32)29-18(3)27(33)31-26-23-10-5-4-8-21(23)22-9-6-7-11-24(22)30-28(26)34/h4-15,17-18,26H,16H2,1-3H3,(H,29,32)(H,30,34)(H,31,33)/t18-,26?/m0/s1. The lowest BCUT2D eigenvalue weighted by Crippen LogP contribution is -2.48. The van der Waals surface area contributed by atoms with Crippen molar-refractivity contribution in [3.8, 4) is 22.6 Å². The minimum Gasteiger partial charge on any atom is -0.491 e. The first-order chi connectivity index (χ1) is 17.3. The van der Waals surface area contributed by atoms with E-state index in [0.29, 0.717) is 22.7 Å². The molecule has 8 heteroatoms. The summed E-state index contributed by atoms with van der Waals surface area (Å²) in [7, 11) is 0. The summed E-state index contributed by atoms with van der Waals surface area (Å²) in [5, 5.41) is 8.28. The first-order valence-electron chi connectivity index (χ1n) is 11.8. The normalized spacial score (nSPS) is 15.0. The minimum atomic E-state index is -0.914. The van der Waals surface area contributed by atoms with Gasteiger partial charge in [0.05, 0.1) is 6.10 Å². The molecule has 0 aliphatic carbocycles. The Morgan fingerprint density at radius 2 is 1.53 bits per heavy atom. The molecule has 0 fully saturated rings. The summed E-state index contributed by atoms with van der Waals surface area (Å²) in [4.78, 5) is 38.3. The van der Waals surface area contributed by atoms with E-state index in [1.54, 1.807) is 31.2 Å². The second kappa shape index (κ2) is 10.9. The third-order valence-corrected chi connectivity index (χ3v) is 5.63. The number of carbonyl (C=O) groups is 3. The van der Waals surface area contributed by atoms with Gasteiger partial charge in [0.1, 0.15) is 23.6 Å². The van der Waals surface area contributed by atoms with Gasteiger partial charge >= 0.3 is 0 Å². The number of rotatable bonds is 8. The zero-order valence-electron chi connectivity index (χ0n) is 20.4. The van der Waals surface area contributed by atoms with Crippen LogP contribution in [0.25, 0.3) is 11.1 Å². The van der Waals surface area contributed by atoms with Gasteiger partial charge in [-0.3, -0.25) is 14.4 Å². The molecule has 0 saturated carbocycles. The minimum absolute atomic E-state index is 0.0584. The molecule has 3 amide bonds. The van der Waals surface area contributed by atoms with Crippen LogP contribution in [0.1, 0.15) is 32.4 Å². The van der Waals surface area contributed by atoms with Crippen molar-refractivity contribution < 1.29 is 23.9 Å². The summed E-state index contributed by atoms with van der Waals surface area (Å²) in [6.07, 6.45) is 0.0584. The fraction of sp³-hybridized carbons (Fsp3) is 0.250. The summed E-state index contributed by atoms with van der Waals surface area (Å²) >= 11 is 0. The number of hydrogen-bond donors (Lipinski definition) is 3. The number of amides is 3. The highest BCUT2D eigenvalue weighted by Gasteiger charge is 2.31. The van der Waals surface area contributed by atoms with Crippen LogP contribution in [0.4, 0.5) is 5.69 Å². The molecule has 8 nitrogen and oxygen atoms in total. The number of nitrogens with one attached hydrogen (secondary N) is 3. The Bertz CT molecular complexity index is 1260. The Morgan fingerprint density at radius 1 is 0.889 bits per heavy atom. The zero-order valence-corrected chi connectivity index (χ0v) is 20.4. The molecule has 36 heavy (non-hydrogen) atoms. The number of ether oxygens (including phenoxy) is 2. The van der Waals surface area contributed by atoms with Gasteiger partial charge in [0.25, 0.3) is 11.8 Å². The van der Waals surface area contributed by atoms with Gasteiger partial charge in [-0.15, -0.1) is 0 Å². The topological polar surface area (TPSA) is 106 Å². The summed E-state index contributed by atoms with van der Waals surface area (Å²) in [6.45, 7) is 5.17. The lowest BCUT2D eigenvalue weighted by molar-refractivity contribution is -0.131. The third-order valence-electron chi connectivity index (χ3n) is 5.63. The molecule has 1 unspecified atom stereocenters. The van der Waals surface area contributed by atoms with Gasteiger partial charge in [-0.05, 0) is 62.2 Å². The predicted octanol–water partition coefficient (Wildman–Crippen LogP) is 3.83. The Hall–Kier alpha value is -4.33. The molecule has 3 N–H and O–H groups in total. The van der Waals surface area contributed by atoms with Crippen LogP contribution < -0.4 is 25.4 Å². The van der Waals surface area contributed by atoms with Gasteiger partial charge in [0.15, 0.2) is 6.61 Å². The molecule has 0 aromatic heterocycles. The van der Waals surface area contributed by atoms with Gasteiger partial charge in [-0.25, -0.2) is 0 Å². The number of fused-ring (bicyclic) bond motifs is 3. The fourth-order valence-corrected chi connectivity index (χ4v) is 3.96.